The highest BCUT2D eigenvalue weighted by molar-refractivity contribution is 6.31. The summed E-state index contributed by atoms with van der Waals surface area (Å²) in [7, 11) is 0. The molecule has 0 unspecified atom stereocenters. The molecule has 3 aromatic heterocycles. The van der Waals surface area contributed by atoms with E-state index in [0.29, 0.717) is 10.7 Å². The first-order chi connectivity index (χ1) is 9.31. The largest absolute Gasteiger partial charge is 0.360 e. The van der Waals surface area contributed by atoms with Crippen molar-refractivity contribution < 1.29 is 0 Å². The minimum atomic E-state index is 0.599. The zero-order valence-corrected chi connectivity index (χ0v) is 10.6. The number of halogens is 1. The lowest BCUT2D eigenvalue weighted by Crippen LogP contribution is -1.77. The Kier molecular flexibility index (Phi) is 2.13. The quantitative estimate of drug-likeness (QED) is 0.552. The number of imidazole rings is 1. The Morgan fingerprint density at radius 1 is 1.11 bits per heavy atom. The number of rotatable bonds is 1. The van der Waals surface area contributed by atoms with Gasteiger partial charge in [-0.25, -0.2) is 9.97 Å². The summed E-state index contributed by atoms with van der Waals surface area (Å²) < 4.78 is 0. The van der Waals surface area contributed by atoms with Gasteiger partial charge in [0.2, 0.25) is 0 Å². The zero-order valence-electron chi connectivity index (χ0n) is 9.81. The molecule has 3 heterocycles. The van der Waals surface area contributed by atoms with E-state index in [-0.39, 0.29) is 0 Å². The molecule has 0 atom stereocenters. The second-order valence-electron chi connectivity index (χ2n) is 4.36. The Hall–Kier alpha value is -2.33. The van der Waals surface area contributed by atoms with Gasteiger partial charge in [-0.15, -0.1) is 0 Å². The van der Waals surface area contributed by atoms with Crippen molar-refractivity contribution in [2.45, 2.75) is 0 Å². The fraction of sp³-hybridized carbons (Fsp3) is 0. The monoisotopic (exact) mass is 268 g/mol. The molecule has 2 N–H and O–H groups in total. The van der Waals surface area contributed by atoms with Crippen molar-refractivity contribution >= 4 is 33.7 Å². The molecule has 19 heavy (non-hydrogen) atoms. The van der Waals surface area contributed by atoms with Crippen LogP contribution in [0, 0.1) is 0 Å². The summed E-state index contributed by atoms with van der Waals surface area (Å²) in [5.74, 6) is 0.794. The average Bonchev–Trinajstić information content (AvgIpc) is 3.00. The first kappa shape index (κ1) is 10.6. The first-order valence-corrected chi connectivity index (χ1v) is 6.27. The molecule has 0 radical (unpaired) electrons. The van der Waals surface area contributed by atoms with E-state index in [2.05, 4.69) is 26.0 Å². The van der Waals surface area contributed by atoms with Gasteiger partial charge in [-0.05, 0) is 12.1 Å². The highest BCUT2D eigenvalue weighted by atomic mass is 35.5. The van der Waals surface area contributed by atoms with Crippen molar-refractivity contribution in [2.24, 2.45) is 0 Å². The summed E-state index contributed by atoms with van der Waals surface area (Å²) >= 11 is 5.93. The smallest absolute Gasteiger partial charge is 0.178 e. The van der Waals surface area contributed by atoms with Crippen LogP contribution in [0.5, 0.6) is 0 Å². The molecular weight excluding hydrogens is 260 g/mol. The summed E-state index contributed by atoms with van der Waals surface area (Å²) in [6.07, 6.45) is 3.55. The van der Waals surface area contributed by atoms with Gasteiger partial charge in [0.1, 0.15) is 5.82 Å². The van der Waals surface area contributed by atoms with Gasteiger partial charge in [-0.3, -0.25) is 0 Å². The number of fused-ring (bicyclic) bond motifs is 2. The lowest BCUT2D eigenvalue weighted by atomic mass is 10.2. The minimum absolute atomic E-state index is 0.599. The normalized spacial score (nSPS) is 11.4. The van der Waals surface area contributed by atoms with E-state index in [1.807, 2.05) is 30.5 Å². The Morgan fingerprint density at radius 3 is 2.95 bits per heavy atom. The molecule has 5 heteroatoms. The van der Waals surface area contributed by atoms with E-state index < -0.39 is 0 Å². The van der Waals surface area contributed by atoms with Gasteiger partial charge in [0.25, 0.3) is 0 Å². The molecule has 0 aliphatic carbocycles. The van der Waals surface area contributed by atoms with E-state index >= 15 is 0 Å². The molecule has 0 fully saturated rings. The highest BCUT2D eigenvalue weighted by Crippen LogP contribution is 2.28. The third kappa shape index (κ3) is 1.61. The molecule has 4 rings (SSSR count). The molecule has 0 aliphatic rings. The number of nitrogens with one attached hydrogen (secondary N) is 2. The predicted octanol–water partition coefficient (Wildman–Crippen LogP) is 3.76. The van der Waals surface area contributed by atoms with Crippen LogP contribution in [0.3, 0.4) is 0 Å². The number of aromatic nitrogens is 4. The maximum absolute atomic E-state index is 5.93. The van der Waals surface area contributed by atoms with E-state index in [9.17, 15) is 0 Å². The standard InChI is InChI=1S/C14H9ClN4/c15-8-5-12-14(17-6-8)19-13(18-12)10-7-16-11-4-2-1-3-9(10)11/h1-7,16H,(H,17,18,19). The van der Waals surface area contributed by atoms with Crippen LogP contribution < -0.4 is 0 Å². The molecule has 0 amide bonds. The summed E-state index contributed by atoms with van der Waals surface area (Å²) in [4.78, 5) is 15.2. The van der Waals surface area contributed by atoms with Crippen LogP contribution in [-0.4, -0.2) is 19.9 Å². The van der Waals surface area contributed by atoms with Gasteiger partial charge < -0.3 is 9.97 Å². The Balaban J connectivity index is 1.99. The van der Waals surface area contributed by atoms with Crippen molar-refractivity contribution in [2.75, 3.05) is 0 Å². The number of nitrogens with zero attached hydrogens (tertiary/aromatic N) is 2. The van der Waals surface area contributed by atoms with Crippen LogP contribution in [0.2, 0.25) is 5.02 Å². The zero-order chi connectivity index (χ0) is 12.8. The molecule has 0 spiro atoms. The van der Waals surface area contributed by atoms with Crippen molar-refractivity contribution in [1.82, 2.24) is 19.9 Å². The van der Waals surface area contributed by atoms with Gasteiger partial charge in [-0.2, -0.15) is 0 Å². The topological polar surface area (TPSA) is 57.4 Å². The van der Waals surface area contributed by atoms with Crippen LogP contribution in [0.4, 0.5) is 0 Å². The third-order valence-corrected chi connectivity index (χ3v) is 3.36. The molecule has 4 aromatic rings. The van der Waals surface area contributed by atoms with Gasteiger partial charge in [0.15, 0.2) is 5.65 Å². The summed E-state index contributed by atoms with van der Waals surface area (Å²) in [6.45, 7) is 0. The minimum Gasteiger partial charge on any atom is -0.360 e. The van der Waals surface area contributed by atoms with Crippen LogP contribution in [0.15, 0.2) is 42.7 Å². The van der Waals surface area contributed by atoms with Crippen LogP contribution in [-0.2, 0) is 0 Å². The summed E-state index contributed by atoms with van der Waals surface area (Å²) in [5, 5.41) is 1.73. The average molecular weight is 269 g/mol. The number of H-pyrrole nitrogens is 2. The molecule has 0 saturated heterocycles. The number of hydrogen-bond acceptors (Lipinski definition) is 2. The first-order valence-electron chi connectivity index (χ1n) is 5.89. The highest BCUT2D eigenvalue weighted by Gasteiger charge is 2.10. The molecule has 92 valence electrons. The SMILES string of the molecule is Clc1cnc2nc(-c3c[nH]c4ccccc34)[nH]c2c1. The summed E-state index contributed by atoms with van der Waals surface area (Å²) in [5.41, 5.74) is 3.63. The van der Waals surface area contributed by atoms with Crippen molar-refractivity contribution in [3.63, 3.8) is 0 Å². The molecule has 0 aliphatic heterocycles. The Morgan fingerprint density at radius 2 is 2.00 bits per heavy atom. The van der Waals surface area contributed by atoms with Crippen molar-refractivity contribution in [3.8, 4) is 11.4 Å². The fourth-order valence-corrected chi connectivity index (χ4v) is 2.43. The maximum Gasteiger partial charge on any atom is 0.178 e. The van der Waals surface area contributed by atoms with E-state index in [1.165, 1.54) is 0 Å². The number of para-hydroxylation sites is 1. The number of hydrogen-bond donors (Lipinski definition) is 2. The Bertz CT molecular complexity index is 891. The van der Waals surface area contributed by atoms with E-state index in [4.69, 9.17) is 11.6 Å². The van der Waals surface area contributed by atoms with Gasteiger partial charge in [0, 0.05) is 28.9 Å². The Labute approximate surface area is 113 Å². The van der Waals surface area contributed by atoms with Crippen LogP contribution in [0.25, 0.3) is 33.5 Å². The lowest BCUT2D eigenvalue weighted by Gasteiger charge is -1.93. The number of aromatic amines is 2. The van der Waals surface area contributed by atoms with Crippen molar-refractivity contribution in [1.29, 1.82) is 0 Å². The number of pyridine rings is 1. The third-order valence-electron chi connectivity index (χ3n) is 3.15. The maximum atomic E-state index is 5.93. The predicted molar refractivity (Wildman–Crippen MR) is 76.2 cm³/mol. The van der Waals surface area contributed by atoms with Crippen molar-refractivity contribution in [3.05, 3.63) is 47.7 Å². The van der Waals surface area contributed by atoms with E-state index in [1.54, 1.807) is 6.20 Å². The van der Waals surface area contributed by atoms with Gasteiger partial charge >= 0.3 is 0 Å². The van der Waals surface area contributed by atoms with Gasteiger partial charge in [-0.1, -0.05) is 29.8 Å². The van der Waals surface area contributed by atoms with Crippen LogP contribution >= 0.6 is 11.6 Å². The second-order valence-corrected chi connectivity index (χ2v) is 4.79. The molecular formula is C14H9ClN4. The molecule has 4 nitrogen and oxygen atoms in total. The molecule has 0 saturated carbocycles. The second kappa shape index (κ2) is 3.83. The molecule has 0 bridgehead atoms. The lowest BCUT2D eigenvalue weighted by molar-refractivity contribution is 1.30. The molecule has 1 aromatic carbocycles. The van der Waals surface area contributed by atoms with Gasteiger partial charge in [0.05, 0.1) is 10.5 Å². The summed E-state index contributed by atoms with van der Waals surface area (Å²) in [6, 6.07) is 9.95. The van der Waals surface area contributed by atoms with Crippen LogP contribution in [0.1, 0.15) is 0 Å². The van der Waals surface area contributed by atoms with E-state index in [0.717, 1.165) is 27.8 Å². The fourth-order valence-electron chi connectivity index (χ4n) is 2.27. The number of benzene rings is 1.